The Labute approximate surface area is 188 Å². The summed E-state index contributed by atoms with van der Waals surface area (Å²) in [5.74, 6) is 1.52. The number of nitrogens with one attached hydrogen (secondary N) is 3. The van der Waals surface area contributed by atoms with Gasteiger partial charge in [-0.15, -0.1) is 0 Å². The molecular formula is C23H33N3O6. The molecule has 0 spiro atoms. The quantitative estimate of drug-likeness (QED) is 0.210. The lowest BCUT2D eigenvalue weighted by atomic mass is 10.3. The molecule has 0 aliphatic carbocycles. The number of ether oxygens (including phenoxy) is 3. The zero-order chi connectivity index (χ0) is 23.0. The van der Waals surface area contributed by atoms with E-state index in [4.69, 9.17) is 14.2 Å². The average Bonchev–Trinajstić information content (AvgIpc) is 2.79. The van der Waals surface area contributed by atoms with Crippen LogP contribution in [-0.2, 0) is 4.74 Å². The minimum Gasteiger partial charge on any atom is -0.508 e. The predicted molar refractivity (Wildman–Crippen MR) is 123 cm³/mol. The molecule has 0 aliphatic heterocycles. The molecule has 5 N–H and O–H groups in total. The van der Waals surface area contributed by atoms with Gasteiger partial charge >= 0.3 is 6.03 Å². The first kappa shape index (κ1) is 25.3. The largest absolute Gasteiger partial charge is 0.508 e. The molecule has 9 heteroatoms. The summed E-state index contributed by atoms with van der Waals surface area (Å²) in [5.41, 5.74) is 0.585. The van der Waals surface area contributed by atoms with E-state index in [1.807, 2.05) is 12.1 Å². The van der Waals surface area contributed by atoms with Gasteiger partial charge in [-0.3, -0.25) is 0 Å². The number of hydrogen-bond acceptors (Lipinski definition) is 7. The van der Waals surface area contributed by atoms with Gasteiger partial charge in [0.25, 0.3) is 0 Å². The number of anilines is 1. The molecule has 0 radical (unpaired) electrons. The molecule has 0 bridgehead atoms. The number of aromatic hydroxyl groups is 1. The molecule has 0 fully saturated rings. The smallest absolute Gasteiger partial charge is 0.319 e. The van der Waals surface area contributed by atoms with Crippen LogP contribution in [0.3, 0.4) is 0 Å². The number of amides is 2. The second-order valence-electron chi connectivity index (χ2n) is 7.03. The number of carbonyl (C=O) groups excluding carboxylic acids is 1. The number of benzene rings is 2. The van der Waals surface area contributed by atoms with Crippen molar-refractivity contribution in [1.29, 1.82) is 0 Å². The summed E-state index contributed by atoms with van der Waals surface area (Å²) in [7, 11) is 0. The highest BCUT2D eigenvalue weighted by atomic mass is 16.5. The van der Waals surface area contributed by atoms with Crippen molar-refractivity contribution < 1.29 is 29.2 Å². The lowest BCUT2D eigenvalue weighted by molar-refractivity contribution is 0.100. The van der Waals surface area contributed by atoms with Crippen LogP contribution in [0.1, 0.15) is 13.3 Å². The summed E-state index contributed by atoms with van der Waals surface area (Å²) in [6.45, 7) is 5.22. The van der Waals surface area contributed by atoms with Crippen LogP contribution in [0.25, 0.3) is 0 Å². The normalized spacial score (nSPS) is 11.6. The summed E-state index contributed by atoms with van der Waals surface area (Å²) in [4.78, 5) is 11.8. The highest BCUT2D eigenvalue weighted by Gasteiger charge is 2.06. The van der Waals surface area contributed by atoms with E-state index in [9.17, 15) is 15.0 Å². The molecule has 2 aromatic rings. The predicted octanol–water partition coefficient (Wildman–Crippen LogP) is 2.35. The number of rotatable bonds is 15. The number of hydrogen-bond donors (Lipinski definition) is 5. The van der Waals surface area contributed by atoms with Gasteiger partial charge < -0.3 is 40.4 Å². The van der Waals surface area contributed by atoms with Crippen LogP contribution >= 0.6 is 0 Å². The molecule has 0 aromatic heterocycles. The van der Waals surface area contributed by atoms with Gasteiger partial charge in [0.1, 0.15) is 36.6 Å². The minimum absolute atomic E-state index is 0.137. The van der Waals surface area contributed by atoms with E-state index in [2.05, 4.69) is 22.9 Å². The van der Waals surface area contributed by atoms with E-state index in [1.54, 1.807) is 24.3 Å². The molecule has 176 valence electrons. The Bertz CT molecular complexity index is 770. The number of aliphatic hydroxyl groups excluding tert-OH is 1. The van der Waals surface area contributed by atoms with E-state index in [0.29, 0.717) is 44.3 Å². The number of phenolic OH excluding ortho intramolecular Hbond substituents is 1. The van der Waals surface area contributed by atoms with Crippen molar-refractivity contribution in [3.05, 3.63) is 48.5 Å². The van der Waals surface area contributed by atoms with E-state index in [1.165, 1.54) is 12.1 Å². The van der Waals surface area contributed by atoms with Gasteiger partial charge in [-0.1, -0.05) is 6.92 Å². The Morgan fingerprint density at radius 3 is 2.31 bits per heavy atom. The van der Waals surface area contributed by atoms with Crippen LogP contribution in [0, 0.1) is 0 Å². The fourth-order valence-electron chi connectivity index (χ4n) is 2.60. The molecule has 1 unspecified atom stereocenters. The number of aliphatic hydroxyl groups is 1. The summed E-state index contributed by atoms with van der Waals surface area (Å²) < 4.78 is 16.5. The summed E-state index contributed by atoms with van der Waals surface area (Å²) in [6.07, 6.45) is 0.302. The van der Waals surface area contributed by atoms with Crippen LogP contribution in [-0.4, -0.2) is 68.4 Å². The minimum atomic E-state index is -0.688. The second kappa shape index (κ2) is 14.9. The second-order valence-corrected chi connectivity index (χ2v) is 7.03. The van der Waals surface area contributed by atoms with Crippen LogP contribution in [0.2, 0.25) is 0 Å². The summed E-state index contributed by atoms with van der Waals surface area (Å²) in [5, 5.41) is 27.7. The SMILES string of the molecule is CCCOCCOc1ccc(OCC(O)CNCCNC(=O)Nc2ccc(O)cc2)cc1. The van der Waals surface area contributed by atoms with Gasteiger partial charge in [-0.2, -0.15) is 0 Å². The van der Waals surface area contributed by atoms with Crippen molar-refractivity contribution in [3.8, 4) is 17.2 Å². The summed E-state index contributed by atoms with van der Waals surface area (Å²) >= 11 is 0. The molecule has 0 saturated carbocycles. The third-order valence-corrected chi connectivity index (χ3v) is 4.20. The third kappa shape index (κ3) is 10.9. The van der Waals surface area contributed by atoms with Crippen molar-refractivity contribution in [3.63, 3.8) is 0 Å². The van der Waals surface area contributed by atoms with Gasteiger partial charge in [0.05, 0.1) is 6.61 Å². The first-order valence-electron chi connectivity index (χ1n) is 10.7. The standard InChI is InChI=1S/C23H33N3O6/c1-2-13-30-14-15-31-21-7-9-22(10-8-21)32-17-20(28)16-24-11-12-25-23(29)26-18-3-5-19(27)6-4-18/h3-10,20,24,27-28H,2,11-17H2,1H3,(H2,25,26,29). The van der Waals surface area contributed by atoms with Gasteiger partial charge in [-0.25, -0.2) is 4.79 Å². The topological polar surface area (TPSA) is 121 Å². The van der Waals surface area contributed by atoms with Gasteiger partial charge in [0.2, 0.25) is 0 Å². The van der Waals surface area contributed by atoms with Crippen LogP contribution < -0.4 is 25.4 Å². The third-order valence-electron chi connectivity index (χ3n) is 4.20. The monoisotopic (exact) mass is 447 g/mol. The lowest BCUT2D eigenvalue weighted by Gasteiger charge is -2.14. The fraction of sp³-hybridized carbons (Fsp3) is 0.435. The number of urea groups is 1. The lowest BCUT2D eigenvalue weighted by Crippen LogP contribution is -2.38. The van der Waals surface area contributed by atoms with E-state index in [0.717, 1.165) is 18.8 Å². The molecule has 2 amide bonds. The molecular weight excluding hydrogens is 414 g/mol. The first-order chi connectivity index (χ1) is 15.6. The van der Waals surface area contributed by atoms with Crippen molar-refractivity contribution in [2.75, 3.05) is 51.4 Å². The van der Waals surface area contributed by atoms with Crippen LogP contribution in [0.15, 0.2) is 48.5 Å². The zero-order valence-corrected chi connectivity index (χ0v) is 18.4. The van der Waals surface area contributed by atoms with Crippen LogP contribution in [0.5, 0.6) is 17.2 Å². The van der Waals surface area contributed by atoms with E-state index in [-0.39, 0.29) is 18.4 Å². The zero-order valence-electron chi connectivity index (χ0n) is 18.4. The fourth-order valence-corrected chi connectivity index (χ4v) is 2.60. The van der Waals surface area contributed by atoms with Crippen molar-refractivity contribution >= 4 is 11.7 Å². The Hall–Kier alpha value is -3.01. The van der Waals surface area contributed by atoms with Crippen molar-refractivity contribution in [2.45, 2.75) is 19.4 Å². The highest BCUT2D eigenvalue weighted by molar-refractivity contribution is 5.89. The molecule has 1 atom stereocenters. The molecule has 0 heterocycles. The average molecular weight is 448 g/mol. The molecule has 2 rings (SSSR count). The Morgan fingerprint density at radius 2 is 1.62 bits per heavy atom. The highest BCUT2D eigenvalue weighted by Crippen LogP contribution is 2.17. The van der Waals surface area contributed by atoms with Crippen molar-refractivity contribution in [1.82, 2.24) is 10.6 Å². The molecule has 0 saturated heterocycles. The Morgan fingerprint density at radius 1 is 0.938 bits per heavy atom. The maximum atomic E-state index is 11.8. The number of phenols is 1. The maximum absolute atomic E-state index is 11.8. The van der Waals surface area contributed by atoms with Crippen LogP contribution in [0.4, 0.5) is 10.5 Å². The Balaban J connectivity index is 1.51. The maximum Gasteiger partial charge on any atom is 0.319 e. The van der Waals surface area contributed by atoms with Gasteiger partial charge in [0.15, 0.2) is 0 Å². The molecule has 32 heavy (non-hydrogen) atoms. The van der Waals surface area contributed by atoms with E-state index < -0.39 is 6.10 Å². The Kier molecular flexibility index (Phi) is 11.8. The molecule has 9 nitrogen and oxygen atoms in total. The van der Waals surface area contributed by atoms with Gasteiger partial charge in [0, 0.05) is 31.9 Å². The molecule has 0 aliphatic rings. The van der Waals surface area contributed by atoms with Gasteiger partial charge in [-0.05, 0) is 55.0 Å². The van der Waals surface area contributed by atoms with Crippen molar-refractivity contribution in [2.24, 2.45) is 0 Å². The first-order valence-corrected chi connectivity index (χ1v) is 10.7. The molecule has 2 aromatic carbocycles. The van der Waals surface area contributed by atoms with E-state index >= 15 is 0 Å². The summed E-state index contributed by atoms with van der Waals surface area (Å²) in [6, 6.07) is 13.1. The number of carbonyl (C=O) groups is 1.